The Kier molecular flexibility index (Phi) is 3.50. The number of carboxylic acids is 1. The zero-order chi connectivity index (χ0) is 13.1. The van der Waals surface area contributed by atoms with Crippen molar-refractivity contribution < 1.29 is 19.8 Å². The molecule has 1 aliphatic rings. The van der Waals surface area contributed by atoms with Gasteiger partial charge in [0.25, 0.3) is 5.91 Å². The lowest BCUT2D eigenvalue weighted by atomic mass is 10.0. The lowest BCUT2D eigenvalue weighted by Crippen LogP contribution is -2.47. The van der Waals surface area contributed by atoms with E-state index < -0.39 is 12.0 Å². The fourth-order valence-corrected chi connectivity index (χ4v) is 2.24. The van der Waals surface area contributed by atoms with E-state index in [-0.39, 0.29) is 11.7 Å². The van der Waals surface area contributed by atoms with Gasteiger partial charge in [-0.05, 0) is 37.5 Å². The number of rotatable bonds is 2. The Morgan fingerprint density at radius 3 is 2.72 bits per heavy atom. The van der Waals surface area contributed by atoms with Crippen molar-refractivity contribution in [2.75, 3.05) is 6.54 Å². The molecule has 0 saturated carbocycles. The Hall–Kier alpha value is -2.04. The van der Waals surface area contributed by atoms with Crippen molar-refractivity contribution in [2.24, 2.45) is 0 Å². The summed E-state index contributed by atoms with van der Waals surface area (Å²) in [5, 5.41) is 18.5. The molecule has 18 heavy (non-hydrogen) atoms. The van der Waals surface area contributed by atoms with Crippen molar-refractivity contribution in [1.29, 1.82) is 0 Å². The van der Waals surface area contributed by atoms with Crippen LogP contribution in [0.15, 0.2) is 24.3 Å². The second-order valence-corrected chi connectivity index (χ2v) is 4.40. The first-order valence-electron chi connectivity index (χ1n) is 5.92. The SMILES string of the molecule is O=C(O)C1CCCCN1C(=O)c1cccc(O)c1. The van der Waals surface area contributed by atoms with E-state index in [4.69, 9.17) is 5.11 Å². The van der Waals surface area contributed by atoms with Crippen LogP contribution in [-0.4, -0.2) is 39.6 Å². The molecule has 0 bridgehead atoms. The molecule has 1 unspecified atom stereocenters. The zero-order valence-electron chi connectivity index (χ0n) is 9.87. The van der Waals surface area contributed by atoms with E-state index in [1.807, 2.05) is 0 Å². The van der Waals surface area contributed by atoms with E-state index in [0.29, 0.717) is 18.5 Å². The van der Waals surface area contributed by atoms with Crippen LogP contribution in [0, 0.1) is 0 Å². The molecule has 5 nitrogen and oxygen atoms in total. The fourth-order valence-electron chi connectivity index (χ4n) is 2.24. The summed E-state index contributed by atoms with van der Waals surface area (Å²) in [6, 6.07) is 5.23. The predicted octanol–water partition coefficient (Wildman–Crippen LogP) is 1.47. The predicted molar refractivity (Wildman–Crippen MR) is 64.4 cm³/mol. The monoisotopic (exact) mass is 249 g/mol. The van der Waals surface area contributed by atoms with Crippen LogP contribution in [0.4, 0.5) is 0 Å². The smallest absolute Gasteiger partial charge is 0.326 e. The summed E-state index contributed by atoms with van der Waals surface area (Å²) in [5.74, 6) is -1.30. The number of aromatic hydroxyl groups is 1. The number of amides is 1. The molecule has 1 atom stereocenters. The second kappa shape index (κ2) is 5.08. The van der Waals surface area contributed by atoms with Gasteiger partial charge in [0, 0.05) is 12.1 Å². The number of benzene rings is 1. The molecule has 1 aliphatic heterocycles. The first-order valence-corrected chi connectivity index (χ1v) is 5.92. The highest BCUT2D eigenvalue weighted by molar-refractivity contribution is 5.97. The molecular weight excluding hydrogens is 234 g/mol. The molecule has 1 aromatic rings. The Labute approximate surface area is 105 Å². The summed E-state index contributed by atoms with van der Waals surface area (Å²) >= 11 is 0. The van der Waals surface area contributed by atoms with E-state index in [2.05, 4.69) is 0 Å². The standard InChI is InChI=1S/C13H15NO4/c15-10-5-3-4-9(8-10)12(16)14-7-2-1-6-11(14)13(17)18/h3-5,8,11,15H,1-2,6-7H2,(H,17,18). The van der Waals surface area contributed by atoms with Crippen molar-refractivity contribution in [2.45, 2.75) is 25.3 Å². The van der Waals surface area contributed by atoms with Gasteiger partial charge in [-0.25, -0.2) is 4.79 Å². The number of carboxylic acid groups (broad SMARTS) is 1. The maximum atomic E-state index is 12.2. The van der Waals surface area contributed by atoms with Gasteiger partial charge >= 0.3 is 5.97 Å². The highest BCUT2D eigenvalue weighted by atomic mass is 16.4. The number of phenolic OH excluding ortho intramolecular Hbond substituents is 1. The Morgan fingerprint density at radius 2 is 2.06 bits per heavy atom. The topological polar surface area (TPSA) is 77.8 Å². The number of carbonyl (C=O) groups is 2. The van der Waals surface area contributed by atoms with Crippen molar-refractivity contribution in [3.8, 4) is 5.75 Å². The van der Waals surface area contributed by atoms with Gasteiger partial charge in [-0.3, -0.25) is 4.79 Å². The normalized spacial score (nSPS) is 19.6. The van der Waals surface area contributed by atoms with E-state index in [0.717, 1.165) is 12.8 Å². The van der Waals surface area contributed by atoms with Crippen LogP contribution in [-0.2, 0) is 4.79 Å². The van der Waals surface area contributed by atoms with Crippen molar-refractivity contribution in [3.63, 3.8) is 0 Å². The minimum Gasteiger partial charge on any atom is -0.508 e. The van der Waals surface area contributed by atoms with Crippen molar-refractivity contribution in [1.82, 2.24) is 4.90 Å². The number of likely N-dealkylation sites (tertiary alicyclic amines) is 1. The molecule has 0 spiro atoms. The molecule has 0 radical (unpaired) electrons. The van der Waals surface area contributed by atoms with Gasteiger partial charge in [-0.15, -0.1) is 0 Å². The van der Waals surface area contributed by atoms with Gasteiger partial charge < -0.3 is 15.1 Å². The van der Waals surface area contributed by atoms with E-state index in [9.17, 15) is 14.7 Å². The van der Waals surface area contributed by atoms with E-state index in [1.54, 1.807) is 12.1 Å². The molecule has 5 heteroatoms. The number of phenols is 1. The highest BCUT2D eigenvalue weighted by Crippen LogP contribution is 2.21. The number of hydrogen-bond donors (Lipinski definition) is 2. The van der Waals surface area contributed by atoms with Gasteiger partial charge in [-0.1, -0.05) is 6.07 Å². The number of piperidine rings is 1. The zero-order valence-corrected chi connectivity index (χ0v) is 9.87. The van der Waals surface area contributed by atoms with Crippen LogP contribution in [0.3, 0.4) is 0 Å². The highest BCUT2D eigenvalue weighted by Gasteiger charge is 2.32. The van der Waals surface area contributed by atoms with Crippen molar-refractivity contribution >= 4 is 11.9 Å². The van der Waals surface area contributed by atoms with Crippen LogP contribution >= 0.6 is 0 Å². The lowest BCUT2D eigenvalue weighted by Gasteiger charge is -2.33. The third-order valence-corrected chi connectivity index (χ3v) is 3.14. The molecule has 1 amide bonds. The molecule has 1 fully saturated rings. The fraction of sp³-hybridized carbons (Fsp3) is 0.385. The minimum atomic E-state index is -0.969. The number of aliphatic carboxylic acids is 1. The summed E-state index contributed by atoms with van der Waals surface area (Å²) in [6.45, 7) is 0.450. The molecule has 1 aromatic carbocycles. The minimum absolute atomic E-state index is 0.00438. The number of carbonyl (C=O) groups excluding carboxylic acids is 1. The molecule has 0 aromatic heterocycles. The third-order valence-electron chi connectivity index (χ3n) is 3.14. The molecule has 96 valence electrons. The molecule has 2 rings (SSSR count). The van der Waals surface area contributed by atoms with Crippen LogP contribution in [0.1, 0.15) is 29.6 Å². The van der Waals surface area contributed by atoms with Crippen LogP contribution in [0.25, 0.3) is 0 Å². The lowest BCUT2D eigenvalue weighted by molar-refractivity contribution is -0.143. The summed E-state index contributed by atoms with van der Waals surface area (Å²) in [5.41, 5.74) is 0.322. The van der Waals surface area contributed by atoms with Gasteiger partial charge in [0.15, 0.2) is 0 Å². The van der Waals surface area contributed by atoms with Crippen LogP contribution < -0.4 is 0 Å². The summed E-state index contributed by atoms with van der Waals surface area (Å²) in [6.07, 6.45) is 2.12. The number of hydrogen-bond acceptors (Lipinski definition) is 3. The molecular formula is C13H15NO4. The molecule has 1 heterocycles. The summed E-state index contributed by atoms with van der Waals surface area (Å²) in [4.78, 5) is 24.7. The van der Waals surface area contributed by atoms with Gasteiger partial charge in [0.2, 0.25) is 0 Å². The summed E-state index contributed by atoms with van der Waals surface area (Å²) in [7, 11) is 0. The second-order valence-electron chi connectivity index (χ2n) is 4.40. The maximum Gasteiger partial charge on any atom is 0.326 e. The van der Waals surface area contributed by atoms with Gasteiger partial charge in [-0.2, -0.15) is 0 Å². The Bertz CT molecular complexity index is 472. The first kappa shape index (κ1) is 12.4. The van der Waals surface area contributed by atoms with Crippen molar-refractivity contribution in [3.05, 3.63) is 29.8 Å². The molecule has 1 saturated heterocycles. The quantitative estimate of drug-likeness (QED) is 0.832. The Balaban J connectivity index is 2.23. The first-order chi connectivity index (χ1) is 8.59. The molecule has 2 N–H and O–H groups in total. The van der Waals surface area contributed by atoms with Crippen LogP contribution in [0.5, 0.6) is 5.75 Å². The van der Waals surface area contributed by atoms with Crippen LogP contribution in [0.2, 0.25) is 0 Å². The van der Waals surface area contributed by atoms with Gasteiger partial charge in [0.1, 0.15) is 11.8 Å². The third kappa shape index (κ3) is 2.45. The average molecular weight is 249 g/mol. The van der Waals surface area contributed by atoms with Gasteiger partial charge in [0.05, 0.1) is 0 Å². The Morgan fingerprint density at radius 1 is 1.28 bits per heavy atom. The molecule has 0 aliphatic carbocycles. The average Bonchev–Trinajstić information content (AvgIpc) is 2.38. The maximum absolute atomic E-state index is 12.2. The number of nitrogens with zero attached hydrogens (tertiary/aromatic N) is 1. The van der Waals surface area contributed by atoms with E-state index in [1.165, 1.54) is 17.0 Å². The summed E-state index contributed by atoms with van der Waals surface area (Å²) < 4.78 is 0. The largest absolute Gasteiger partial charge is 0.508 e. The van der Waals surface area contributed by atoms with E-state index >= 15 is 0 Å².